The summed E-state index contributed by atoms with van der Waals surface area (Å²) < 4.78 is 9.11. The summed E-state index contributed by atoms with van der Waals surface area (Å²) in [5.74, 6) is 0.661. The molecule has 0 spiro atoms. The SMILES string of the molecule is C1=CC(c2ccccc2)=NC(c2ccccc2)=NC(c2ccc3oc4c(-c5ccccc5-c5ccc6c(c5)c5ccccc5n6-c5ccccc5)cccc4c3c2)=C1. The lowest BCUT2D eigenvalue weighted by molar-refractivity contribution is 0.670. The molecule has 4 heteroatoms. The van der Waals surface area contributed by atoms with E-state index in [1.54, 1.807) is 0 Å². The van der Waals surface area contributed by atoms with Crippen molar-refractivity contribution >= 4 is 61.0 Å². The summed E-state index contributed by atoms with van der Waals surface area (Å²) in [5, 5.41) is 4.55. The molecule has 11 rings (SSSR count). The third-order valence-corrected chi connectivity index (χ3v) is 11.1. The minimum atomic E-state index is 0.661. The van der Waals surface area contributed by atoms with Gasteiger partial charge in [0, 0.05) is 49.5 Å². The second-order valence-electron chi connectivity index (χ2n) is 14.5. The van der Waals surface area contributed by atoms with Crippen LogP contribution < -0.4 is 0 Å². The minimum absolute atomic E-state index is 0.661. The highest BCUT2D eigenvalue weighted by atomic mass is 16.3. The van der Waals surface area contributed by atoms with Gasteiger partial charge in [-0.1, -0.05) is 152 Å². The second kappa shape index (κ2) is 14.0. The van der Waals surface area contributed by atoms with Crippen molar-refractivity contribution in [3.8, 4) is 27.9 Å². The number of aromatic nitrogens is 1. The average Bonchev–Trinajstić information content (AvgIpc) is 3.83. The quantitative estimate of drug-likeness (QED) is 0.167. The molecule has 0 N–H and O–H groups in total. The number of amidine groups is 1. The summed E-state index contributed by atoms with van der Waals surface area (Å²) >= 11 is 0. The number of furan rings is 1. The van der Waals surface area contributed by atoms with Crippen LogP contribution in [0.1, 0.15) is 16.7 Å². The summed E-state index contributed by atoms with van der Waals surface area (Å²) in [5.41, 5.74) is 14.4. The Balaban J connectivity index is 1.02. The molecule has 1 aliphatic heterocycles. The number of nitrogens with zero attached hydrogens (tertiary/aromatic N) is 3. The Kier molecular flexibility index (Phi) is 8.11. The van der Waals surface area contributed by atoms with Crippen LogP contribution in [0.4, 0.5) is 0 Å². The lowest BCUT2D eigenvalue weighted by Gasteiger charge is -2.12. The summed E-state index contributed by atoms with van der Waals surface area (Å²) in [6, 6.07) is 68.0. The first-order valence-electron chi connectivity index (χ1n) is 19.6. The molecule has 0 unspecified atom stereocenters. The molecule has 0 fully saturated rings. The monoisotopic (exact) mass is 741 g/mol. The lowest BCUT2D eigenvalue weighted by Crippen LogP contribution is -2.06. The number of hydrogen-bond donors (Lipinski definition) is 0. The van der Waals surface area contributed by atoms with Gasteiger partial charge in [-0.25, -0.2) is 9.98 Å². The highest BCUT2D eigenvalue weighted by Crippen LogP contribution is 2.42. The molecular formula is C54H35N3O. The predicted octanol–water partition coefficient (Wildman–Crippen LogP) is 13.9. The van der Waals surface area contributed by atoms with Crippen LogP contribution in [0.2, 0.25) is 0 Å². The second-order valence-corrected chi connectivity index (χ2v) is 14.5. The number of hydrogen-bond acceptors (Lipinski definition) is 3. The fourth-order valence-corrected chi connectivity index (χ4v) is 8.34. The molecule has 58 heavy (non-hydrogen) atoms. The minimum Gasteiger partial charge on any atom is -0.455 e. The number of para-hydroxylation sites is 3. The fraction of sp³-hybridized carbons (Fsp3) is 0. The molecule has 0 atom stereocenters. The van der Waals surface area contributed by atoms with E-state index >= 15 is 0 Å². The first kappa shape index (κ1) is 33.5. The van der Waals surface area contributed by atoms with E-state index < -0.39 is 0 Å². The molecule has 8 aromatic carbocycles. The Hall–Kier alpha value is -7.82. The van der Waals surface area contributed by atoms with E-state index in [0.29, 0.717) is 5.84 Å². The molecule has 272 valence electrons. The van der Waals surface area contributed by atoms with Crippen LogP contribution >= 0.6 is 0 Å². The van der Waals surface area contributed by atoms with E-state index in [0.717, 1.165) is 78.0 Å². The molecule has 0 aliphatic carbocycles. The smallest absolute Gasteiger partial charge is 0.160 e. The van der Waals surface area contributed by atoms with Crippen LogP contribution in [0.5, 0.6) is 0 Å². The topological polar surface area (TPSA) is 42.8 Å². The van der Waals surface area contributed by atoms with Crippen molar-refractivity contribution in [1.29, 1.82) is 0 Å². The van der Waals surface area contributed by atoms with Crippen LogP contribution in [-0.2, 0) is 0 Å². The van der Waals surface area contributed by atoms with Gasteiger partial charge in [0.05, 0.1) is 22.4 Å². The van der Waals surface area contributed by atoms with Gasteiger partial charge in [-0.05, 0) is 77.4 Å². The number of aliphatic imine (C=N–C) groups is 2. The van der Waals surface area contributed by atoms with Crippen molar-refractivity contribution < 1.29 is 4.42 Å². The third-order valence-electron chi connectivity index (χ3n) is 11.1. The summed E-state index contributed by atoms with van der Waals surface area (Å²) in [6.45, 7) is 0. The van der Waals surface area contributed by atoms with E-state index in [2.05, 4.69) is 174 Å². The van der Waals surface area contributed by atoms with Gasteiger partial charge < -0.3 is 8.98 Å². The van der Waals surface area contributed by atoms with Gasteiger partial charge >= 0.3 is 0 Å². The molecule has 0 bridgehead atoms. The Morgan fingerprint density at radius 1 is 0.414 bits per heavy atom. The molecule has 2 aromatic heterocycles. The van der Waals surface area contributed by atoms with Gasteiger partial charge in [-0.3, -0.25) is 0 Å². The van der Waals surface area contributed by atoms with Crippen molar-refractivity contribution in [1.82, 2.24) is 4.57 Å². The third kappa shape index (κ3) is 5.78. The van der Waals surface area contributed by atoms with E-state index in [4.69, 9.17) is 14.4 Å². The van der Waals surface area contributed by atoms with Crippen LogP contribution in [0.25, 0.3) is 77.4 Å². The lowest BCUT2D eigenvalue weighted by atomic mass is 9.92. The van der Waals surface area contributed by atoms with Crippen LogP contribution in [0, 0.1) is 0 Å². The van der Waals surface area contributed by atoms with Gasteiger partial charge in [0.25, 0.3) is 0 Å². The van der Waals surface area contributed by atoms with E-state index in [9.17, 15) is 0 Å². The first-order valence-corrected chi connectivity index (χ1v) is 19.6. The normalized spacial score (nSPS) is 13.1. The largest absolute Gasteiger partial charge is 0.455 e. The van der Waals surface area contributed by atoms with Gasteiger partial charge in [0.1, 0.15) is 11.2 Å². The first-order chi connectivity index (χ1) is 28.8. The van der Waals surface area contributed by atoms with Gasteiger partial charge in [-0.2, -0.15) is 0 Å². The maximum atomic E-state index is 6.76. The van der Waals surface area contributed by atoms with E-state index in [1.165, 1.54) is 21.8 Å². The highest BCUT2D eigenvalue weighted by molar-refractivity contribution is 6.19. The zero-order valence-corrected chi connectivity index (χ0v) is 31.5. The summed E-state index contributed by atoms with van der Waals surface area (Å²) in [7, 11) is 0. The van der Waals surface area contributed by atoms with Crippen molar-refractivity contribution in [3.05, 3.63) is 229 Å². The molecule has 4 nitrogen and oxygen atoms in total. The van der Waals surface area contributed by atoms with Gasteiger partial charge in [0.2, 0.25) is 0 Å². The predicted molar refractivity (Wildman–Crippen MR) is 242 cm³/mol. The van der Waals surface area contributed by atoms with E-state index in [1.807, 2.05) is 42.5 Å². The van der Waals surface area contributed by atoms with Crippen molar-refractivity contribution in [2.45, 2.75) is 0 Å². The standard InChI is InChI=1S/C54H35N3O/c1-4-16-36(17-5-1)48-27-15-28-49(56-54(55-48)37-18-6-2-7-19-37)39-31-33-52-47(35-39)45-26-14-25-44(53(45)58-52)42-23-11-10-22-41(42)38-30-32-51-46(34-38)43-24-12-13-29-50(43)57(51)40-20-8-3-9-21-40/h1-35H. The number of allylic oxidation sites excluding steroid dienone is 3. The van der Waals surface area contributed by atoms with Crippen molar-refractivity contribution in [3.63, 3.8) is 0 Å². The molecular weight excluding hydrogens is 707 g/mol. The number of fused-ring (bicyclic) bond motifs is 6. The van der Waals surface area contributed by atoms with Gasteiger partial charge in [-0.15, -0.1) is 0 Å². The van der Waals surface area contributed by atoms with Crippen molar-refractivity contribution in [2.75, 3.05) is 0 Å². The number of rotatable bonds is 6. The Morgan fingerprint density at radius 3 is 1.88 bits per heavy atom. The molecule has 3 heterocycles. The fourth-order valence-electron chi connectivity index (χ4n) is 8.34. The summed E-state index contributed by atoms with van der Waals surface area (Å²) in [6.07, 6.45) is 6.16. The molecule has 0 saturated carbocycles. The molecule has 1 aliphatic rings. The molecule has 0 amide bonds. The zero-order valence-electron chi connectivity index (χ0n) is 31.5. The van der Waals surface area contributed by atoms with Gasteiger partial charge in [0.15, 0.2) is 5.84 Å². The van der Waals surface area contributed by atoms with Crippen LogP contribution in [-0.4, -0.2) is 16.1 Å². The zero-order chi connectivity index (χ0) is 38.4. The van der Waals surface area contributed by atoms with Crippen molar-refractivity contribution in [2.24, 2.45) is 9.98 Å². The maximum absolute atomic E-state index is 6.76. The Bertz CT molecular complexity index is 3310. The summed E-state index contributed by atoms with van der Waals surface area (Å²) in [4.78, 5) is 10.3. The molecule has 10 aromatic rings. The Labute approximate surface area is 335 Å². The van der Waals surface area contributed by atoms with E-state index in [-0.39, 0.29) is 0 Å². The molecule has 0 saturated heterocycles. The number of benzene rings is 8. The Morgan fingerprint density at radius 2 is 1.05 bits per heavy atom. The highest BCUT2D eigenvalue weighted by Gasteiger charge is 2.19. The van der Waals surface area contributed by atoms with Crippen LogP contribution in [0.3, 0.4) is 0 Å². The van der Waals surface area contributed by atoms with Crippen LogP contribution in [0.15, 0.2) is 227 Å². The molecule has 0 radical (unpaired) electrons. The average molecular weight is 742 g/mol. The maximum Gasteiger partial charge on any atom is 0.160 e.